The number of aliphatic hydroxyl groups excluding tert-OH is 1. The summed E-state index contributed by atoms with van der Waals surface area (Å²) in [5, 5.41) is 16.0. The Labute approximate surface area is 239 Å². The van der Waals surface area contributed by atoms with E-state index in [1.54, 1.807) is 6.92 Å². The van der Waals surface area contributed by atoms with Crippen molar-refractivity contribution in [3.05, 3.63) is 89.1 Å². The number of ketones is 1. The van der Waals surface area contributed by atoms with Crippen molar-refractivity contribution in [1.29, 1.82) is 0 Å². The van der Waals surface area contributed by atoms with Crippen LogP contribution in [0.25, 0.3) is 16.6 Å². The van der Waals surface area contributed by atoms with Crippen LogP contribution in [0.2, 0.25) is 0 Å². The summed E-state index contributed by atoms with van der Waals surface area (Å²) < 4.78 is 49.4. The Morgan fingerprint density at radius 3 is 2.49 bits per heavy atom. The lowest BCUT2D eigenvalue weighted by atomic mass is 10.1. The van der Waals surface area contributed by atoms with Gasteiger partial charge in [-0.2, -0.15) is 5.10 Å². The van der Waals surface area contributed by atoms with Gasteiger partial charge in [0.15, 0.2) is 11.6 Å². The SMILES string of the molecule is Cc1cc(Oc2c(F)cccc2F)ncc1-n1ncc(C(=O)c2cc3cc(F)c(N4C(=O)N[C@@H](CO)C4=O)cc3[nH]2)c1N. The first-order chi connectivity index (χ1) is 20.6. The number of H-pyrrole nitrogens is 1. The number of urea groups is 1. The summed E-state index contributed by atoms with van der Waals surface area (Å²) in [6.45, 7) is 1.00. The van der Waals surface area contributed by atoms with E-state index in [4.69, 9.17) is 10.5 Å². The molecule has 0 bridgehead atoms. The first-order valence-corrected chi connectivity index (χ1v) is 12.6. The van der Waals surface area contributed by atoms with Crippen LogP contribution in [0.3, 0.4) is 0 Å². The van der Waals surface area contributed by atoms with Gasteiger partial charge >= 0.3 is 6.03 Å². The fourth-order valence-corrected chi connectivity index (χ4v) is 4.67. The van der Waals surface area contributed by atoms with Crippen molar-refractivity contribution in [2.24, 2.45) is 0 Å². The Morgan fingerprint density at radius 2 is 1.81 bits per heavy atom. The molecule has 4 heterocycles. The van der Waals surface area contributed by atoms with Gasteiger partial charge in [0.25, 0.3) is 5.91 Å². The van der Waals surface area contributed by atoms with Crippen LogP contribution < -0.4 is 20.7 Å². The highest BCUT2D eigenvalue weighted by atomic mass is 19.1. The molecule has 0 saturated carbocycles. The molecule has 0 unspecified atom stereocenters. The fourth-order valence-electron chi connectivity index (χ4n) is 4.67. The number of aromatic nitrogens is 4. The number of ether oxygens (including phenoxy) is 1. The van der Waals surface area contributed by atoms with Gasteiger partial charge in [-0.25, -0.2) is 32.5 Å². The number of carbonyl (C=O) groups excluding carboxylic acids is 3. The van der Waals surface area contributed by atoms with E-state index in [1.165, 1.54) is 41.3 Å². The molecule has 0 spiro atoms. The second kappa shape index (κ2) is 10.3. The second-order valence-corrected chi connectivity index (χ2v) is 9.58. The van der Waals surface area contributed by atoms with E-state index in [0.29, 0.717) is 16.2 Å². The van der Waals surface area contributed by atoms with Crippen LogP contribution in [0.4, 0.5) is 29.5 Å². The summed E-state index contributed by atoms with van der Waals surface area (Å²) in [5.41, 5.74) is 7.05. The maximum Gasteiger partial charge on any atom is 0.329 e. The molecule has 43 heavy (non-hydrogen) atoms. The number of para-hydroxylation sites is 1. The van der Waals surface area contributed by atoms with E-state index in [0.717, 1.165) is 18.2 Å². The highest BCUT2D eigenvalue weighted by Crippen LogP contribution is 2.31. The number of aryl methyl sites for hydroxylation is 1. The van der Waals surface area contributed by atoms with Crippen molar-refractivity contribution in [3.63, 3.8) is 0 Å². The third kappa shape index (κ3) is 4.61. The highest BCUT2D eigenvalue weighted by molar-refractivity contribution is 6.22. The Balaban J connectivity index is 1.28. The number of pyridine rings is 1. The summed E-state index contributed by atoms with van der Waals surface area (Å²) in [6, 6.07) is 6.27. The van der Waals surface area contributed by atoms with Crippen LogP contribution >= 0.6 is 0 Å². The van der Waals surface area contributed by atoms with Crippen molar-refractivity contribution in [2.75, 3.05) is 17.2 Å². The molecule has 1 fully saturated rings. The number of aromatic amines is 1. The standard InChI is InChI=1S/C28H20F3N7O5/c1-12-5-23(43-25-15(29)3-2-4-16(25)30)33-10-22(12)38-26(32)14(9-34-38)24(40)19-7-13-6-17(31)21(8-18(13)35-19)37-27(41)20(11-39)36-28(37)42/h2-10,20,35,39H,11,32H2,1H3,(H,36,42)/t20-/m0/s1. The molecule has 6 rings (SSSR count). The van der Waals surface area contributed by atoms with E-state index in [9.17, 15) is 32.7 Å². The van der Waals surface area contributed by atoms with Crippen molar-refractivity contribution < 1.29 is 37.4 Å². The molecule has 0 radical (unpaired) electrons. The molecule has 1 aliphatic heterocycles. The summed E-state index contributed by atoms with van der Waals surface area (Å²) in [6.07, 6.45) is 2.54. The molecule has 15 heteroatoms. The number of halogens is 3. The predicted octanol–water partition coefficient (Wildman–Crippen LogP) is 3.50. The molecule has 1 saturated heterocycles. The Morgan fingerprint density at radius 1 is 1.07 bits per heavy atom. The average Bonchev–Trinajstić information content (AvgIpc) is 3.64. The number of benzene rings is 2. The topological polar surface area (TPSA) is 168 Å². The molecule has 12 nitrogen and oxygen atoms in total. The number of nitrogens with two attached hydrogens (primary N) is 1. The van der Waals surface area contributed by atoms with Gasteiger partial charge in [0.2, 0.25) is 17.4 Å². The maximum atomic E-state index is 14.9. The quantitative estimate of drug-likeness (QED) is 0.165. The smallest absolute Gasteiger partial charge is 0.329 e. The van der Waals surface area contributed by atoms with Crippen molar-refractivity contribution in [1.82, 2.24) is 25.1 Å². The molecule has 1 aliphatic rings. The molecule has 3 amide bonds. The van der Waals surface area contributed by atoms with Crippen LogP contribution in [-0.2, 0) is 4.79 Å². The number of amides is 3. The van der Waals surface area contributed by atoms with Gasteiger partial charge < -0.3 is 25.9 Å². The lowest BCUT2D eigenvalue weighted by Gasteiger charge is -2.13. The third-order valence-electron chi connectivity index (χ3n) is 6.84. The van der Waals surface area contributed by atoms with E-state index in [1.807, 2.05) is 0 Å². The number of nitrogens with one attached hydrogen (secondary N) is 2. The third-order valence-corrected chi connectivity index (χ3v) is 6.84. The molecule has 218 valence electrons. The molecule has 3 aromatic heterocycles. The van der Waals surface area contributed by atoms with E-state index in [-0.39, 0.29) is 39.5 Å². The largest absolute Gasteiger partial charge is 0.433 e. The van der Waals surface area contributed by atoms with Gasteiger partial charge in [0.05, 0.1) is 41.6 Å². The zero-order chi connectivity index (χ0) is 30.6. The Kier molecular flexibility index (Phi) is 6.57. The second-order valence-electron chi connectivity index (χ2n) is 9.58. The van der Waals surface area contributed by atoms with Gasteiger partial charge in [0.1, 0.15) is 17.7 Å². The number of anilines is 2. The minimum absolute atomic E-state index is 0.000270. The van der Waals surface area contributed by atoms with E-state index >= 15 is 0 Å². The van der Waals surface area contributed by atoms with Gasteiger partial charge in [-0.1, -0.05) is 6.07 Å². The monoisotopic (exact) mass is 591 g/mol. The maximum absolute atomic E-state index is 14.9. The number of imide groups is 1. The zero-order valence-corrected chi connectivity index (χ0v) is 22.1. The van der Waals surface area contributed by atoms with Gasteiger partial charge in [-0.15, -0.1) is 0 Å². The van der Waals surface area contributed by atoms with Crippen LogP contribution in [0.1, 0.15) is 21.6 Å². The summed E-state index contributed by atoms with van der Waals surface area (Å²) in [7, 11) is 0. The minimum Gasteiger partial charge on any atom is -0.433 e. The predicted molar refractivity (Wildman–Crippen MR) is 146 cm³/mol. The normalized spacial score (nSPS) is 14.9. The van der Waals surface area contributed by atoms with Crippen LogP contribution in [0, 0.1) is 24.4 Å². The van der Waals surface area contributed by atoms with Gasteiger partial charge in [0, 0.05) is 17.0 Å². The number of hydrogen-bond acceptors (Lipinski definition) is 8. The molecular weight excluding hydrogens is 571 g/mol. The molecule has 1 atom stereocenters. The summed E-state index contributed by atoms with van der Waals surface area (Å²) >= 11 is 0. The average molecular weight is 592 g/mol. The zero-order valence-electron chi connectivity index (χ0n) is 22.1. The van der Waals surface area contributed by atoms with Crippen molar-refractivity contribution >= 4 is 40.1 Å². The number of nitrogens with zero attached hydrogens (tertiary/aromatic N) is 4. The number of carbonyl (C=O) groups is 3. The Hall–Kier alpha value is -5.70. The number of hydrogen-bond donors (Lipinski definition) is 4. The van der Waals surface area contributed by atoms with E-state index < -0.39 is 53.6 Å². The minimum atomic E-state index is -1.19. The van der Waals surface area contributed by atoms with E-state index in [2.05, 4.69) is 20.4 Å². The summed E-state index contributed by atoms with van der Waals surface area (Å²) in [4.78, 5) is 45.6. The van der Waals surface area contributed by atoms with Gasteiger partial charge in [-0.05, 0) is 42.8 Å². The lowest BCUT2D eigenvalue weighted by Crippen LogP contribution is -2.33. The number of fused-ring (bicyclic) bond motifs is 1. The lowest BCUT2D eigenvalue weighted by molar-refractivity contribution is -0.119. The highest BCUT2D eigenvalue weighted by Gasteiger charge is 2.40. The Bertz CT molecular complexity index is 1950. The van der Waals surface area contributed by atoms with Crippen LogP contribution in [0.5, 0.6) is 11.6 Å². The molecule has 5 aromatic rings. The van der Waals surface area contributed by atoms with Gasteiger partial charge in [-0.3, -0.25) is 9.59 Å². The number of rotatable bonds is 7. The summed E-state index contributed by atoms with van der Waals surface area (Å²) in [5.74, 6) is -4.85. The van der Waals surface area contributed by atoms with Crippen LogP contribution in [-0.4, -0.2) is 55.2 Å². The number of nitrogen functional groups attached to an aromatic ring is 1. The number of aliphatic hydroxyl groups is 1. The molecule has 0 aliphatic carbocycles. The van der Waals surface area contributed by atoms with Crippen molar-refractivity contribution in [3.8, 4) is 17.3 Å². The molecular formula is C28H20F3N7O5. The molecule has 5 N–H and O–H groups in total. The van der Waals surface area contributed by atoms with Crippen molar-refractivity contribution in [2.45, 2.75) is 13.0 Å². The molecule has 2 aromatic carbocycles. The first-order valence-electron chi connectivity index (χ1n) is 12.6. The van der Waals surface area contributed by atoms with Crippen LogP contribution in [0.15, 0.2) is 54.9 Å². The fraction of sp³-hybridized carbons (Fsp3) is 0.107. The first kappa shape index (κ1) is 27.5.